The summed E-state index contributed by atoms with van der Waals surface area (Å²) in [7, 11) is -5.72. The first kappa shape index (κ1) is 73.9. The summed E-state index contributed by atoms with van der Waals surface area (Å²) in [5, 5.41) is 2.17. The molecule has 10 aromatic carbocycles. The maximum Gasteiger partial charge on any atom is 0.530 e. The molecule has 0 N–H and O–H groups in total. The van der Waals surface area contributed by atoms with Crippen LogP contribution in [0.5, 0.6) is 46.0 Å². The van der Waals surface area contributed by atoms with Crippen LogP contribution in [0.1, 0.15) is 146 Å². The zero-order valence-electron chi connectivity index (χ0n) is 61.7. The summed E-state index contributed by atoms with van der Waals surface area (Å²) in [6.45, 7) is 27.2. The van der Waals surface area contributed by atoms with Crippen molar-refractivity contribution in [3.05, 3.63) is 250 Å². The molecule has 0 saturated carbocycles. The number of hydrogen-bond donors (Lipinski definition) is 0. The first-order chi connectivity index (χ1) is 50.9. The molecule has 10 aromatic rings. The van der Waals surface area contributed by atoms with E-state index in [0.717, 1.165) is 0 Å². The van der Waals surface area contributed by atoms with Crippen molar-refractivity contribution in [3.8, 4) is 57.1 Å². The van der Waals surface area contributed by atoms with Gasteiger partial charge < -0.3 is 74.5 Å². The summed E-state index contributed by atoms with van der Waals surface area (Å²) in [6.07, 6.45) is -3.44. The van der Waals surface area contributed by atoms with E-state index in [1.807, 2.05) is 185 Å². The smallest absolute Gasteiger partial charge is 0.422 e. The molecular formula is C86H88O18P2. The maximum absolute atomic E-state index is 16.2. The topological polar surface area (TPSA) is 182 Å². The molecule has 4 saturated heterocycles. The van der Waals surface area contributed by atoms with Crippen LogP contribution < -0.4 is 36.6 Å². The lowest BCUT2D eigenvalue weighted by Gasteiger charge is -2.35. The Balaban J connectivity index is 1.03. The Morgan fingerprint density at radius 2 is 0.557 bits per heavy atom. The Hall–Kier alpha value is -9.00. The highest BCUT2D eigenvalue weighted by Crippen LogP contribution is 2.58. The van der Waals surface area contributed by atoms with E-state index in [-0.39, 0.29) is 78.4 Å². The summed E-state index contributed by atoms with van der Waals surface area (Å²) in [6, 6.07) is 59.2. The number of ether oxygens (including phenoxy) is 10. The van der Waals surface area contributed by atoms with Crippen LogP contribution in [0.2, 0.25) is 0 Å². The van der Waals surface area contributed by atoms with E-state index in [9.17, 15) is 0 Å². The van der Waals surface area contributed by atoms with Crippen LogP contribution >= 0.6 is 17.2 Å². The molecule has 0 unspecified atom stereocenters. The van der Waals surface area contributed by atoms with Gasteiger partial charge in [0, 0.05) is 32.8 Å². The lowest BCUT2D eigenvalue weighted by Crippen LogP contribution is -2.34. The first-order valence-corrected chi connectivity index (χ1v) is 37.8. The predicted octanol–water partition coefficient (Wildman–Crippen LogP) is 21.1. The molecule has 4 heterocycles. The van der Waals surface area contributed by atoms with Crippen molar-refractivity contribution >= 4 is 50.7 Å². The molecule has 4 fully saturated rings. The third-order valence-electron chi connectivity index (χ3n) is 18.6. The van der Waals surface area contributed by atoms with Gasteiger partial charge in [-0.3, -0.25) is 0 Å². The average molecular weight is 1470 g/mol. The molecule has 0 amide bonds. The minimum atomic E-state index is -2.86. The van der Waals surface area contributed by atoms with E-state index in [1.54, 1.807) is 36.4 Å². The second-order valence-electron chi connectivity index (χ2n) is 30.5. The van der Waals surface area contributed by atoms with E-state index in [2.05, 4.69) is 55.4 Å². The molecule has 18 nitrogen and oxygen atoms in total. The van der Waals surface area contributed by atoms with Crippen LogP contribution in [0, 0.1) is 49.4 Å². The summed E-state index contributed by atoms with van der Waals surface area (Å²) in [5.41, 5.74) is 4.23. The number of hydrogen-bond acceptors (Lipinski definition) is 18. The number of carbonyl (C=O) groups is 2. The largest absolute Gasteiger partial charge is 0.530 e. The first-order valence-electron chi connectivity index (χ1n) is 35.6. The van der Waals surface area contributed by atoms with Gasteiger partial charge in [-0.2, -0.15) is 0 Å². The van der Waals surface area contributed by atoms with Crippen LogP contribution in [0.25, 0.3) is 32.7 Å². The van der Waals surface area contributed by atoms with Crippen molar-refractivity contribution in [3.63, 3.8) is 0 Å². The Bertz CT molecular complexity index is 4370. The van der Waals surface area contributed by atoms with Crippen LogP contribution in [0.4, 0.5) is 0 Å². The third kappa shape index (κ3) is 16.6. The number of aryl methyl sites for hydroxylation is 4. The van der Waals surface area contributed by atoms with Crippen molar-refractivity contribution in [2.45, 2.75) is 108 Å². The van der Waals surface area contributed by atoms with Gasteiger partial charge in [0.1, 0.15) is 45.6 Å². The zero-order chi connectivity index (χ0) is 74.1. The van der Waals surface area contributed by atoms with E-state index >= 15 is 9.59 Å². The highest BCUT2D eigenvalue weighted by Gasteiger charge is 2.41. The SMILES string of the molecule is Cc1cccc(C)c1OC(=O)c1cc2ccccc2c(-c2c(OP(Oc3ccccc3C3OCC(C)(C)CO3)Oc3ccccc3C3OCC(C)(C)CO3)c(C(=O)Oc3c(C)cccc3C)cc3ccccc23)c1OP(Oc1ccccc1C1OCC(C)(C)CO1)Oc1ccccc1C1OCC(C)(C)CO1. The Morgan fingerprint density at radius 3 is 0.830 bits per heavy atom. The zero-order valence-corrected chi connectivity index (χ0v) is 63.5. The molecule has 0 aromatic heterocycles. The van der Waals surface area contributed by atoms with Gasteiger partial charge in [0.15, 0.2) is 36.7 Å². The quantitative estimate of drug-likeness (QED) is 0.0376. The van der Waals surface area contributed by atoms with Gasteiger partial charge in [-0.15, -0.1) is 0 Å². The molecule has 550 valence electrons. The monoisotopic (exact) mass is 1470 g/mol. The summed E-state index contributed by atoms with van der Waals surface area (Å²) in [5.74, 6) is 0.0122. The fourth-order valence-corrected chi connectivity index (χ4v) is 15.2. The summed E-state index contributed by atoms with van der Waals surface area (Å²) >= 11 is 0. The molecule has 106 heavy (non-hydrogen) atoms. The highest BCUT2D eigenvalue weighted by molar-refractivity contribution is 7.43. The fourth-order valence-electron chi connectivity index (χ4n) is 13.0. The molecule has 20 heteroatoms. The number of esters is 2. The Kier molecular flexibility index (Phi) is 21.7. The average Bonchev–Trinajstić information content (AvgIpc) is 0.727. The van der Waals surface area contributed by atoms with Crippen molar-refractivity contribution in [1.82, 2.24) is 0 Å². The summed E-state index contributed by atoms with van der Waals surface area (Å²) in [4.78, 5) is 32.5. The van der Waals surface area contributed by atoms with Gasteiger partial charge in [-0.1, -0.05) is 213 Å². The number of benzene rings is 10. The van der Waals surface area contributed by atoms with Crippen LogP contribution in [0.15, 0.2) is 194 Å². The van der Waals surface area contributed by atoms with Crippen molar-refractivity contribution < 1.29 is 84.1 Å². The number of para-hydroxylation sites is 6. The van der Waals surface area contributed by atoms with E-state index in [1.165, 1.54) is 0 Å². The van der Waals surface area contributed by atoms with E-state index in [0.29, 0.717) is 130 Å². The molecule has 0 bridgehead atoms. The second-order valence-corrected chi connectivity index (χ2v) is 32.5. The maximum atomic E-state index is 16.2. The van der Waals surface area contributed by atoms with Crippen LogP contribution in [-0.2, 0) is 37.9 Å². The van der Waals surface area contributed by atoms with Crippen molar-refractivity contribution in [2.75, 3.05) is 52.9 Å². The molecule has 14 rings (SSSR count). The summed E-state index contributed by atoms with van der Waals surface area (Å²) < 4.78 is 110. The standard InChI is InChI=1S/C86H88O18P2/c1-53-27-25-28-54(2)73(53)97-77(87)65-43-57-31-13-15-33-59(57)71(75(65)103-105(99-67-39-21-17-35-61(67)79-89-45-83(5,6)46-90-79)100-68-40-22-18-36-62(68)80-91-47-84(7,8)48-92-80)72-60-34-16-14-32-58(60)44-66(78(88)98-74-55(3)29-26-30-56(74)4)76(72)104-106(101-69-41-23-19-37-63(69)81-93-49-85(9,10)50-94-81)102-70-42-24-20-38-64(70)82-95-51-86(11,12)52-96-82/h13-44,79-82H,45-52H2,1-12H3. The molecular weight excluding hydrogens is 1380 g/mol. The molecule has 4 aliphatic heterocycles. The number of carbonyl (C=O) groups excluding carboxylic acids is 2. The van der Waals surface area contributed by atoms with Crippen LogP contribution in [-0.4, -0.2) is 64.8 Å². The van der Waals surface area contributed by atoms with Gasteiger partial charge in [0.25, 0.3) is 0 Å². The third-order valence-corrected chi connectivity index (χ3v) is 20.7. The minimum Gasteiger partial charge on any atom is -0.422 e. The van der Waals surface area contributed by atoms with E-state index in [4.69, 9.17) is 74.5 Å². The lowest BCUT2D eigenvalue weighted by molar-refractivity contribution is -0.226. The van der Waals surface area contributed by atoms with Crippen molar-refractivity contribution in [2.24, 2.45) is 21.7 Å². The van der Waals surface area contributed by atoms with Gasteiger partial charge in [0.2, 0.25) is 0 Å². The van der Waals surface area contributed by atoms with Crippen LogP contribution in [0.3, 0.4) is 0 Å². The molecule has 0 atom stereocenters. The Morgan fingerprint density at radius 1 is 0.311 bits per heavy atom. The van der Waals surface area contributed by atoms with Gasteiger partial charge in [0.05, 0.1) is 75.1 Å². The minimum absolute atomic E-state index is 0.0672. The van der Waals surface area contributed by atoms with Gasteiger partial charge >= 0.3 is 29.1 Å². The fraction of sp³-hybridized carbons (Fsp3) is 0.326. The molecule has 0 radical (unpaired) electrons. The lowest BCUT2D eigenvalue weighted by atomic mass is 9.88. The second kappa shape index (κ2) is 31.1. The van der Waals surface area contributed by atoms with Crippen molar-refractivity contribution in [1.29, 1.82) is 0 Å². The molecule has 4 aliphatic rings. The highest BCUT2D eigenvalue weighted by atomic mass is 31.2. The van der Waals surface area contributed by atoms with Gasteiger partial charge in [-0.05, 0) is 108 Å². The normalized spacial score (nSPS) is 17.6. The Labute approximate surface area is 621 Å². The van der Waals surface area contributed by atoms with E-state index < -0.39 is 54.3 Å². The molecule has 0 aliphatic carbocycles. The van der Waals surface area contributed by atoms with Gasteiger partial charge in [-0.25, -0.2) is 9.59 Å². The predicted molar refractivity (Wildman–Crippen MR) is 406 cm³/mol. The number of fused-ring (bicyclic) bond motifs is 2. The number of rotatable bonds is 21. The molecule has 0 spiro atoms.